The molecule has 0 bridgehead atoms. The highest BCUT2D eigenvalue weighted by molar-refractivity contribution is 5.83. The molecule has 34 heavy (non-hydrogen) atoms. The molecule has 10 heteroatoms. The molecule has 1 fully saturated rings. The lowest BCUT2D eigenvalue weighted by molar-refractivity contribution is -0.277. The Morgan fingerprint density at radius 3 is 2.53 bits per heavy atom. The Bertz CT molecular complexity index is 1240. The maximum absolute atomic E-state index is 13.2. The summed E-state index contributed by atoms with van der Waals surface area (Å²) in [6, 6.07) is 9.75. The van der Waals surface area contributed by atoms with Crippen LogP contribution in [0.5, 0.6) is 17.2 Å². The van der Waals surface area contributed by atoms with Gasteiger partial charge in [-0.25, -0.2) is 0 Å². The fraction of sp³-hybridized carbons (Fsp3) is 0.375. The van der Waals surface area contributed by atoms with Crippen LogP contribution in [0.25, 0.3) is 22.1 Å². The van der Waals surface area contributed by atoms with E-state index in [1.807, 2.05) is 0 Å². The number of aliphatic hydroxyl groups excluding tert-OH is 4. The van der Waals surface area contributed by atoms with E-state index in [0.29, 0.717) is 41.2 Å². The van der Waals surface area contributed by atoms with E-state index in [1.54, 1.807) is 18.2 Å². The summed E-state index contributed by atoms with van der Waals surface area (Å²) in [5.74, 6) is 1.39. The van der Waals surface area contributed by atoms with E-state index in [2.05, 4.69) is 0 Å². The lowest BCUT2D eigenvalue weighted by Crippen LogP contribution is -2.60. The highest BCUT2D eigenvalue weighted by Crippen LogP contribution is 2.34. The molecule has 5 rings (SSSR count). The maximum atomic E-state index is 13.2. The van der Waals surface area contributed by atoms with Crippen molar-refractivity contribution >= 4 is 11.0 Å². The second-order valence-corrected chi connectivity index (χ2v) is 8.16. The Morgan fingerprint density at radius 1 is 0.941 bits per heavy atom. The minimum absolute atomic E-state index is 0.198. The van der Waals surface area contributed by atoms with Crippen LogP contribution in [0.15, 0.2) is 51.9 Å². The summed E-state index contributed by atoms with van der Waals surface area (Å²) in [7, 11) is 0. The number of aliphatic hydroxyl groups is 4. The van der Waals surface area contributed by atoms with Gasteiger partial charge in [-0.15, -0.1) is 0 Å². The zero-order chi connectivity index (χ0) is 23.8. The molecule has 0 saturated carbocycles. The molecule has 5 atom stereocenters. The number of fused-ring (bicyclic) bond motifs is 2. The second kappa shape index (κ2) is 9.24. The Balaban J connectivity index is 1.42. The van der Waals surface area contributed by atoms with Gasteiger partial charge in [-0.05, 0) is 29.8 Å². The molecule has 3 aromatic rings. The first kappa shape index (κ1) is 22.6. The van der Waals surface area contributed by atoms with E-state index in [9.17, 15) is 25.2 Å². The van der Waals surface area contributed by atoms with E-state index in [-0.39, 0.29) is 16.8 Å². The normalized spacial score (nSPS) is 26.8. The van der Waals surface area contributed by atoms with Crippen molar-refractivity contribution in [2.45, 2.75) is 37.1 Å². The van der Waals surface area contributed by atoms with Crippen molar-refractivity contribution in [2.75, 3.05) is 19.8 Å². The number of hydrogen-bond acceptors (Lipinski definition) is 10. The molecule has 4 N–H and O–H groups in total. The molecule has 3 heterocycles. The maximum Gasteiger partial charge on any atom is 0.229 e. The summed E-state index contributed by atoms with van der Waals surface area (Å²) in [5.41, 5.74) is 0.965. The van der Waals surface area contributed by atoms with Crippen LogP contribution < -0.4 is 19.6 Å². The van der Waals surface area contributed by atoms with Crippen molar-refractivity contribution in [2.24, 2.45) is 0 Å². The van der Waals surface area contributed by atoms with Crippen LogP contribution in [0.3, 0.4) is 0 Å². The van der Waals surface area contributed by atoms with Gasteiger partial charge >= 0.3 is 0 Å². The molecule has 0 radical (unpaired) electrons. The van der Waals surface area contributed by atoms with Crippen LogP contribution in [0.1, 0.15) is 6.42 Å². The Morgan fingerprint density at radius 2 is 1.74 bits per heavy atom. The van der Waals surface area contributed by atoms with Crippen molar-refractivity contribution in [3.05, 3.63) is 52.9 Å². The SMILES string of the molecule is O=c1c(-c2ccc3c(c2)OCCCO3)coc2cc(O[C@H]3O[C@@H](CO)[C@@H](O)[C@H](O)[C@@H]3O)ccc12. The minimum atomic E-state index is -1.56. The lowest BCUT2D eigenvalue weighted by atomic mass is 9.99. The van der Waals surface area contributed by atoms with E-state index in [0.717, 1.165) is 6.42 Å². The molecule has 2 aliphatic rings. The van der Waals surface area contributed by atoms with Gasteiger partial charge in [0.05, 0.1) is 30.8 Å². The highest BCUT2D eigenvalue weighted by atomic mass is 16.7. The molecule has 0 unspecified atom stereocenters. The molecule has 180 valence electrons. The first-order valence-electron chi connectivity index (χ1n) is 10.9. The number of ether oxygens (including phenoxy) is 4. The average Bonchev–Trinajstić information content (AvgIpc) is 3.09. The molecule has 0 aliphatic carbocycles. The first-order valence-corrected chi connectivity index (χ1v) is 10.9. The van der Waals surface area contributed by atoms with Gasteiger partial charge in [-0.3, -0.25) is 4.79 Å². The molecular formula is C24H24O10. The van der Waals surface area contributed by atoms with Crippen LogP contribution >= 0.6 is 0 Å². The molecule has 0 amide bonds. The van der Waals surface area contributed by atoms with Gasteiger partial charge in [0.1, 0.15) is 42.0 Å². The smallest absolute Gasteiger partial charge is 0.229 e. The molecule has 10 nitrogen and oxygen atoms in total. The highest BCUT2D eigenvalue weighted by Gasteiger charge is 2.44. The van der Waals surface area contributed by atoms with Gasteiger partial charge in [0.2, 0.25) is 6.29 Å². The third kappa shape index (κ3) is 4.10. The second-order valence-electron chi connectivity index (χ2n) is 8.16. The predicted molar refractivity (Wildman–Crippen MR) is 118 cm³/mol. The van der Waals surface area contributed by atoms with Crippen LogP contribution in [0.2, 0.25) is 0 Å². The van der Waals surface area contributed by atoms with Gasteiger partial charge in [-0.2, -0.15) is 0 Å². The van der Waals surface area contributed by atoms with Crippen LogP contribution in [0, 0.1) is 0 Å². The van der Waals surface area contributed by atoms with Crippen molar-refractivity contribution in [3.63, 3.8) is 0 Å². The zero-order valence-corrected chi connectivity index (χ0v) is 18.0. The first-order chi connectivity index (χ1) is 16.5. The fourth-order valence-corrected chi connectivity index (χ4v) is 4.01. The lowest BCUT2D eigenvalue weighted by Gasteiger charge is -2.39. The summed E-state index contributed by atoms with van der Waals surface area (Å²) in [4.78, 5) is 13.2. The topological polar surface area (TPSA) is 148 Å². The molecule has 1 aromatic heterocycles. The third-order valence-electron chi connectivity index (χ3n) is 5.91. The average molecular weight is 472 g/mol. The minimum Gasteiger partial charge on any atom is -0.490 e. The van der Waals surface area contributed by atoms with Crippen molar-refractivity contribution in [3.8, 4) is 28.4 Å². The van der Waals surface area contributed by atoms with Crippen molar-refractivity contribution in [1.29, 1.82) is 0 Å². The van der Waals surface area contributed by atoms with Crippen LogP contribution in [-0.2, 0) is 4.74 Å². The summed E-state index contributed by atoms with van der Waals surface area (Å²) in [5, 5.41) is 39.6. The van der Waals surface area contributed by atoms with Gasteiger partial charge in [0.25, 0.3) is 0 Å². The molecule has 0 spiro atoms. The molecule has 1 saturated heterocycles. The van der Waals surface area contributed by atoms with Gasteiger partial charge in [-0.1, -0.05) is 6.07 Å². The summed E-state index contributed by atoms with van der Waals surface area (Å²) < 4.78 is 28.0. The number of rotatable bonds is 4. The third-order valence-corrected chi connectivity index (χ3v) is 5.91. The molecule has 2 aromatic carbocycles. The van der Waals surface area contributed by atoms with Crippen LogP contribution in [0.4, 0.5) is 0 Å². The largest absolute Gasteiger partial charge is 0.490 e. The Kier molecular flexibility index (Phi) is 6.15. The fourth-order valence-electron chi connectivity index (χ4n) is 4.01. The van der Waals surface area contributed by atoms with Gasteiger partial charge in [0.15, 0.2) is 16.9 Å². The van der Waals surface area contributed by atoms with Gasteiger partial charge < -0.3 is 43.8 Å². The molecular weight excluding hydrogens is 448 g/mol. The van der Waals surface area contributed by atoms with Crippen LogP contribution in [-0.4, -0.2) is 71.0 Å². The van der Waals surface area contributed by atoms with E-state index in [4.69, 9.17) is 23.4 Å². The van der Waals surface area contributed by atoms with Crippen molar-refractivity contribution < 1.29 is 43.8 Å². The quantitative estimate of drug-likeness (QED) is 0.430. The van der Waals surface area contributed by atoms with E-state index >= 15 is 0 Å². The summed E-state index contributed by atoms with van der Waals surface area (Å²) >= 11 is 0. The molecule has 2 aliphatic heterocycles. The standard InChI is InChI=1S/C24H24O10/c25-10-19-21(27)22(28)23(29)24(34-19)33-13-3-4-14-17(9-13)32-11-15(20(14)26)12-2-5-16-18(8-12)31-7-1-6-30-16/h2-5,8-9,11,19,21-25,27-29H,1,6-7,10H2/t19-,21+,22-,23-,24-/m0/s1. The van der Waals surface area contributed by atoms with E-state index in [1.165, 1.54) is 24.5 Å². The van der Waals surface area contributed by atoms with Crippen molar-refractivity contribution in [1.82, 2.24) is 0 Å². The summed E-state index contributed by atoms with van der Waals surface area (Å²) in [6.45, 7) is 0.526. The predicted octanol–water partition coefficient (Wildman–Crippen LogP) is 0.800. The monoisotopic (exact) mass is 472 g/mol. The number of hydrogen-bond donors (Lipinski definition) is 4. The number of benzene rings is 2. The Hall–Kier alpha value is -3.15. The zero-order valence-electron chi connectivity index (χ0n) is 18.0. The Labute approximate surface area is 193 Å². The van der Waals surface area contributed by atoms with Gasteiger partial charge in [0, 0.05) is 12.5 Å². The summed E-state index contributed by atoms with van der Waals surface area (Å²) in [6.07, 6.45) is -4.93. The van der Waals surface area contributed by atoms with E-state index < -0.39 is 37.3 Å².